The highest BCUT2D eigenvalue weighted by atomic mass is 16.7. The summed E-state index contributed by atoms with van der Waals surface area (Å²) in [6.07, 6.45) is 1.45. The largest absolute Gasteiger partial charge is 0.454 e. The predicted molar refractivity (Wildman–Crippen MR) is 80.8 cm³/mol. The number of carbonyl (C=O) groups is 1. The topological polar surface area (TPSA) is 51.1 Å². The quantitative estimate of drug-likeness (QED) is 0.818. The Kier molecular flexibility index (Phi) is 3.04. The van der Waals surface area contributed by atoms with Crippen molar-refractivity contribution >= 4 is 12.1 Å². The molecule has 2 heterocycles. The number of hydrazone groups is 1. The second kappa shape index (κ2) is 5.18. The summed E-state index contributed by atoms with van der Waals surface area (Å²) in [5.41, 5.74) is 2.94. The first-order chi connectivity index (χ1) is 10.8. The molecule has 0 fully saturated rings. The number of fused-ring (bicyclic) bond motifs is 1. The first-order valence-corrected chi connectivity index (χ1v) is 7.11. The third-order valence-electron chi connectivity index (χ3n) is 3.94. The Morgan fingerprint density at radius 3 is 2.73 bits per heavy atom. The van der Waals surface area contributed by atoms with E-state index in [-0.39, 0.29) is 12.8 Å². The second-order valence-electron chi connectivity index (χ2n) is 5.23. The van der Waals surface area contributed by atoms with E-state index in [0.717, 1.165) is 34.7 Å². The number of hydrogen-bond acceptors (Lipinski definition) is 4. The van der Waals surface area contributed by atoms with Gasteiger partial charge in [-0.1, -0.05) is 36.4 Å². The Hall–Kier alpha value is -2.82. The molecule has 22 heavy (non-hydrogen) atoms. The molecule has 1 amide bonds. The summed E-state index contributed by atoms with van der Waals surface area (Å²) in [6, 6.07) is 15.6. The zero-order chi connectivity index (χ0) is 14.9. The summed E-state index contributed by atoms with van der Waals surface area (Å²) in [5, 5.41) is 5.91. The highest BCUT2D eigenvalue weighted by Gasteiger charge is 2.29. The van der Waals surface area contributed by atoms with Crippen molar-refractivity contribution in [3.05, 3.63) is 59.7 Å². The Morgan fingerprint density at radius 2 is 1.91 bits per heavy atom. The van der Waals surface area contributed by atoms with Crippen LogP contribution in [0.1, 0.15) is 23.6 Å². The van der Waals surface area contributed by atoms with E-state index in [1.807, 2.05) is 48.5 Å². The van der Waals surface area contributed by atoms with Crippen LogP contribution >= 0.6 is 0 Å². The van der Waals surface area contributed by atoms with Crippen LogP contribution in [-0.2, 0) is 4.79 Å². The number of hydrogen-bond donors (Lipinski definition) is 0. The van der Waals surface area contributed by atoms with Gasteiger partial charge in [-0.15, -0.1) is 0 Å². The molecule has 0 radical (unpaired) electrons. The third kappa shape index (κ3) is 2.11. The van der Waals surface area contributed by atoms with Gasteiger partial charge in [0, 0.05) is 6.42 Å². The molecule has 2 aromatic carbocycles. The summed E-state index contributed by atoms with van der Waals surface area (Å²) in [6.45, 7) is 0.243. The fraction of sp³-hybridized carbons (Fsp3) is 0.176. The SMILES string of the molecule is O=CN1N=C(c2ccccc2)C[C@H]1c1ccc2c(c1)OCO2. The molecule has 0 aromatic heterocycles. The van der Waals surface area contributed by atoms with E-state index in [2.05, 4.69) is 5.10 Å². The minimum absolute atomic E-state index is 0.109. The minimum Gasteiger partial charge on any atom is -0.454 e. The van der Waals surface area contributed by atoms with E-state index in [1.54, 1.807) is 0 Å². The molecule has 2 aliphatic rings. The standard InChI is InChI=1S/C17H14N2O3/c20-10-19-15(9-14(18-19)12-4-2-1-3-5-12)13-6-7-16-17(8-13)22-11-21-16/h1-8,10,15H,9,11H2/t15-/m0/s1. The number of amides is 1. The Labute approximate surface area is 127 Å². The summed E-state index contributed by atoms with van der Waals surface area (Å²) in [7, 11) is 0. The van der Waals surface area contributed by atoms with E-state index in [4.69, 9.17) is 9.47 Å². The van der Waals surface area contributed by atoms with E-state index in [0.29, 0.717) is 6.42 Å². The van der Waals surface area contributed by atoms with Crippen molar-refractivity contribution in [1.29, 1.82) is 0 Å². The highest BCUT2D eigenvalue weighted by molar-refractivity contribution is 6.02. The first kappa shape index (κ1) is 12.9. The van der Waals surface area contributed by atoms with Crippen molar-refractivity contribution in [3.8, 4) is 11.5 Å². The number of rotatable bonds is 3. The molecule has 1 atom stereocenters. The number of carbonyl (C=O) groups excluding carboxylic acids is 1. The maximum atomic E-state index is 11.4. The second-order valence-corrected chi connectivity index (χ2v) is 5.23. The molecule has 0 N–H and O–H groups in total. The highest BCUT2D eigenvalue weighted by Crippen LogP contribution is 2.38. The Morgan fingerprint density at radius 1 is 1.09 bits per heavy atom. The smallest absolute Gasteiger partial charge is 0.231 e. The van der Waals surface area contributed by atoms with Crippen molar-refractivity contribution in [3.63, 3.8) is 0 Å². The van der Waals surface area contributed by atoms with Crippen LogP contribution in [0.4, 0.5) is 0 Å². The number of benzene rings is 2. The molecule has 0 saturated heterocycles. The molecule has 110 valence electrons. The van der Waals surface area contributed by atoms with Gasteiger partial charge in [-0.25, -0.2) is 5.01 Å². The molecular weight excluding hydrogens is 280 g/mol. The van der Waals surface area contributed by atoms with E-state index in [9.17, 15) is 4.79 Å². The Bertz CT molecular complexity index is 743. The number of nitrogens with zero attached hydrogens (tertiary/aromatic N) is 2. The molecule has 5 heteroatoms. The fourth-order valence-corrected chi connectivity index (χ4v) is 2.82. The number of ether oxygens (including phenoxy) is 2. The van der Waals surface area contributed by atoms with Crippen LogP contribution < -0.4 is 9.47 Å². The molecule has 0 saturated carbocycles. The van der Waals surface area contributed by atoms with Crippen LogP contribution in [0.2, 0.25) is 0 Å². The first-order valence-electron chi connectivity index (χ1n) is 7.11. The molecule has 2 aliphatic heterocycles. The van der Waals surface area contributed by atoms with E-state index in [1.165, 1.54) is 5.01 Å². The van der Waals surface area contributed by atoms with E-state index >= 15 is 0 Å². The van der Waals surface area contributed by atoms with Crippen molar-refractivity contribution in [2.45, 2.75) is 12.5 Å². The van der Waals surface area contributed by atoms with Crippen LogP contribution in [0.5, 0.6) is 11.5 Å². The van der Waals surface area contributed by atoms with Gasteiger partial charge in [0.25, 0.3) is 0 Å². The molecule has 0 unspecified atom stereocenters. The van der Waals surface area contributed by atoms with Gasteiger partial charge in [0.15, 0.2) is 11.5 Å². The lowest BCUT2D eigenvalue weighted by molar-refractivity contribution is -0.119. The maximum absolute atomic E-state index is 11.4. The molecule has 0 bridgehead atoms. The van der Waals surface area contributed by atoms with Crippen molar-refractivity contribution in [2.24, 2.45) is 5.10 Å². The lowest BCUT2D eigenvalue weighted by Crippen LogP contribution is -2.17. The van der Waals surface area contributed by atoms with Crippen LogP contribution in [-0.4, -0.2) is 23.9 Å². The molecule has 0 spiro atoms. The van der Waals surface area contributed by atoms with Gasteiger partial charge in [0.2, 0.25) is 13.2 Å². The van der Waals surface area contributed by atoms with Crippen LogP contribution in [0.15, 0.2) is 53.6 Å². The summed E-state index contributed by atoms with van der Waals surface area (Å²) in [4.78, 5) is 11.4. The van der Waals surface area contributed by atoms with Crippen LogP contribution in [0.3, 0.4) is 0 Å². The van der Waals surface area contributed by atoms with Crippen molar-refractivity contribution in [2.75, 3.05) is 6.79 Å². The molecular formula is C17H14N2O3. The molecule has 2 aromatic rings. The van der Waals surface area contributed by atoms with Crippen LogP contribution in [0, 0.1) is 0 Å². The Balaban J connectivity index is 1.65. The molecule has 4 rings (SSSR count). The average Bonchev–Trinajstić information content (AvgIpc) is 3.21. The van der Waals surface area contributed by atoms with Crippen molar-refractivity contribution in [1.82, 2.24) is 5.01 Å². The van der Waals surface area contributed by atoms with Gasteiger partial charge < -0.3 is 9.47 Å². The van der Waals surface area contributed by atoms with Gasteiger partial charge in [-0.2, -0.15) is 5.10 Å². The van der Waals surface area contributed by atoms with E-state index < -0.39 is 0 Å². The zero-order valence-corrected chi connectivity index (χ0v) is 11.8. The summed E-state index contributed by atoms with van der Waals surface area (Å²) >= 11 is 0. The van der Waals surface area contributed by atoms with Crippen LogP contribution in [0.25, 0.3) is 0 Å². The normalized spacial score (nSPS) is 19.2. The van der Waals surface area contributed by atoms with Crippen molar-refractivity contribution < 1.29 is 14.3 Å². The average molecular weight is 294 g/mol. The fourth-order valence-electron chi connectivity index (χ4n) is 2.82. The lowest BCUT2D eigenvalue weighted by atomic mass is 9.98. The third-order valence-corrected chi connectivity index (χ3v) is 3.94. The predicted octanol–water partition coefficient (Wildman–Crippen LogP) is 2.72. The van der Waals surface area contributed by atoms with Gasteiger partial charge in [0.05, 0.1) is 11.8 Å². The lowest BCUT2D eigenvalue weighted by Gasteiger charge is -2.17. The zero-order valence-electron chi connectivity index (χ0n) is 11.8. The maximum Gasteiger partial charge on any atom is 0.231 e. The summed E-state index contributed by atoms with van der Waals surface area (Å²) in [5.74, 6) is 1.46. The van der Waals surface area contributed by atoms with Gasteiger partial charge in [-0.3, -0.25) is 4.79 Å². The monoisotopic (exact) mass is 294 g/mol. The van der Waals surface area contributed by atoms with Gasteiger partial charge in [0.1, 0.15) is 0 Å². The molecule has 0 aliphatic carbocycles. The van der Waals surface area contributed by atoms with Gasteiger partial charge in [-0.05, 0) is 23.3 Å². The minimum atomic E-state index is -0.109. The molecule has 5 nitrogen and oxygen atoms in total. The van der Waals surface area contributed by atoms with Gasteiger partial charge >= 0.3 is 0 Å². The summed E-state index contributed by atoms with van der Waals surface area (Å²) < 4.78 is 10.7.